The topological polar surface area (TPSA) is 182 Å². The van der Waals surface area contributed by atoms with Gasteiger partial charge < -0.3 is 46.0 Å². The minimum atomic E-state index is -0.670. The first-order valence-corrected chi connectivity index (χ1v) is 34.1. The molecule has 4 spiro atoms. The maximum Gasteiger partial charge on any atom is 0.157 e. The average Bonchev–Trinajstić information content (AvgIpc) is 1.48. The van der Waals surface area contributed by atoms with Crippen LogP contribution in [0.5, 0.6) is 51.7 Å². The molecule has 0 fully saturated rings. The van der Waals surface area contributed by atoms with Crippen LogP contribution in [0.25, 0.3) is 33.4 Å². The second kappa shape index (κ2) is 20.9. The third kappa shape index (κ3) is 8.16. The van der Waals surface area contributed by atoms with E-state index in [0.29, 0.717) is 11.5 Å². The number of rotatable bonds is 2. The van der Waals surface area contributed by atoms with E-state index < -0.39 is 21.7 Å². The van der Waals surface area contributed by atoms with Gasteiger partial charge in [0, 0.05) is 21.7 Å². The number of aryl methyl sites for hydroxylation is 3. The molecule has 0 amide bonds. The van der Waals surface area contributed by atoms with Gasteiger partial charge in [-0.15, -0.1) is 0 Å². The van der Waals surface area contributed by atoms with Crippen molar-refractivity contribution in [2.45, 2.75) is 112 Å². The Morgan fingerprint density at radius 1 is 0.222 bits per heavy atom. The van der Waals surface area contributed by atoms with Crippen molar-refractivity contribution in [1.29, 1.82) is 0 Å². The largest absolute Gasteiger partial charge is 0.508 e. The van der Waals surface area contributed by atoms with Crippen LogP contribution in [0.1, 0.15) is 159 Å². The number of hydrogen-bond donors (Lipinski definition) is 9. The van der Waals surface area contributed by atoms with Crippen molar-refractivity contribution >= 4 is 0 Å². The highest BCUT2D eigenvalue weighted by atomic mass is 16.3. The van der Waals surface area contributed by atoms with E-state index in [-0.39, 0.29) is 56.5 Å². The Balaban J connectivity index is 0.000000118. The molecule has 7 aliphatic rings. The first-order chi connectivity index (χ1) is 47.4. The molecule has 0 saturated carbocycles. The number of phenolic OH excluding ortho intramolecular Hbond substituents is 9. The fourth-order valence-corrected chi connectivity index (χ4v) is 20.2. The van der Waals surface area contributed by atoms with E-state index in [9.17, 15) is 46.0 Å². The summed E-state index contributed by atoms with van der Waals surface area (Å²) >= 11 is 0. The lowest BCUT2D eigenvalue weighted by Gasteiger charge is -2.35. The molecular formula is C90H76O9. The van der Waals surface area contributed by atoms with Gasteiger partial charge in [0.25, 0.3) is 0 Å². The first-order valence-electron chi connectivity index (χ1n) is 34.1. The van der Waals surface area contributed by atoms with Gasteiger partial charge in [-0.3, -0.25) is 0 Å². The van der Waals surface area contributed by atoms with Gasteiger partial charge in [0.15, 0.2) is 34.5 Å². The number of benzene rings is 12. The summed E-state index contributed by atoms with van der Waals surface area (Å²) in [7, 11) is 0. The minimum absolute atomic E-state index is 0.0526. The molecule has 0 aliphatic heterocycles. The molecule has 12 aromatic carbocycles. The van der Waals surface area contributed by atoms with Gasteiger partial charge in [0.1, 0.15) is 17.2 Å². The molecule has 0 bridgehead atoms. The van der Waals surface area contributed by atoms with Crippen molar-refractivity contribution < 1.29 is 46.0 Å². The van der Waals surface area contributed by atoms with Crippen LogP contribution in [-0.4, -0.2) is 46.0 Å². The molecule has 7 aliphatic carbocycles. The van der Waals surface area contributed by atoms with Crippen LogP contribution in [0, 0.1) is 20.8 Å². The summed E-state index contributed by atoms with van der Waals surface area (Å²) in [6, 6.07) is 77.4. The van der Waals surface area contributed by atoms with Gasteiger partial charge in [-0.1, -0.05) is 204 Å². The molecule has 2 atom stereocenters. The van der Waals surface area contributed by atoms with E-state index >= 15 is 0 Å². The summed E-state index contributed by atoms with van der Waals surface area (Å²) in [5, 5.41) is 94.5. The fourth-order valence-electron chi connectivity index (χ4n) is 20.2. The van der Waals surface area contributed by atoms with Gasteiger partial charge in [0.05, 0.1) is 5.41 Å². The molecule has 99 heavy (non-hydrogen) atoms. The molecule has 0 saturated heterocycles. The lowest BCUT2D eigenvalue weighted by atomic mass is 9.66. The molecule has 0 heterocycles. The van der Waals surface area contributed by atoms with Crippen LogP contribution in [-0.2, 0) is 37.9 Å². The average molecular weight is 1300 g/mol. The minimum Gasteiger partial charge on any atom is -0.508 e. The molecule has 9 nitrogen and oxygen atoms in total. The Morgan fingerprint density at radius 3 is 0.899 bits per heavy atom. The standard InChI is InChI=1S/C42H30O3.C26H20O3.C22H26O3/c1-24-18-33-35(20-37(24)43)41(29-14-6-2-10-25(29)26-11-3-7-15-30(26)41)22-40(33)23-42(36-21-39(45)38(44)19-34(36)40)31-16-8-4-12-27(31)28-13-5-9-17-32(28)42;1-16-14-17(10-12-23(16)27)26(18-11-13-24(28)25(29)15-18)21-8-4-2-6-19(21)20-7-3-5-9-22(20)26;1-12-6-15-13(7-17(12)23)20(2,3)10-22(15)11-21(4,5)14-8-18(24)19(25)9-16(14)22/h2-21,43-45H,22-23H2,1H3;2-15,27-29H,1H3;6-9,23-25H,10-11H2,1-5H3. The van der Waals surface area contributed by atoms with Crippen LogP contribution in [0.3, 0.4) is 0 Å². The lowest BCUT2D eigenvalue weighted by molar-refractivity contribution is 0.349. The number of fused-ring (bicyclic) bond motifs is 23. The summed E-state index contributed by atoms with van der Waals surface area (Å²) in [5.41, 5.74) is 25.2. The number of phenols is 9. The number of hydrogen-bond acceptors (Lipinski definition) is 9. The molecule has 9 heteroatoms. The Kier molecular flexibility index (Phi) is 13.0. The highest BCUT2D eigenvalue weighted by molar-refractivity contribution is 5.91. The first kappa shape index (κ1) is 61.4. The van der Waals surface area contributed by atoms with Gasteiger partial charge in [-0.2, -0.15) is 0 Å². The van der Waals surface area contributed by atoms with E-state index in [1.54, 1.807) is 24.3 Å². The van der Waals surface area contributed by atoms with Crippen LogP contribution in [0.2, 0.25) is 0 Å². The third-order valence-corrected chi connectivity index (χ3v) is 24.1. The molecule has 0 aromatic heterocycles. The maximum absolute atomic E-state index is 11.3. The summed E-state index contributed by atoms with van der Waals surface area (Å²) < 4.78 is 0. The third-order valence-electron chi connectivity index (χ3n) is 24.1. The highest BCUT2D eigenvalue weighted by Gasteiger charge is 2.66. The van der Waals surface area contributed by atoms with Crippen molar-refractivity contribution in [2.75, 3.05) is 0 Å². The summed E-state index contributed by atoms with van der Waals surface area (Å²) in [5.74, 6) is 0.274. The molecule has 490 valence electrons. The second-order valence-electron chi connectivity index (χ2n) is 30.3. The maximum atomic E-state index is 11.3. The van der Waals surface area contributed by atoms with E-state index in [1.807, 2.05) is 87.5 Å². The summed E-state index contributed by atoms with van der Waals surface area (Å²) in [4.78, 5) is 0. The Morgan fingerprint density at radius 2 is 0.495 bits per heavy atom. The molecule has 19 rings (SSSR count). The van der Waals surface area contributed by atoms with Gasteiger partial charge in [0.2, 0.25) is 0 Å². The van der Waals surface area contributed by atoms with Crippen molar-refractivity contribution in [3.63, 3.8) is 0 Å². The highest BCUT2D eigenvalue weighted by Crippen LogP contribution is 2.74. The van der Waals surface area contributed by atoms with Gasteiger partial charge >= 0.3 is 0 Å². The Labute approximate surface area is 576 Å². The van der Waals surface area contributed by atoms with Crippen LogP contribution in [0.15, 0.2) is 231 Å². The van der Waals surface area contributed by atoms with Crippen LogP contribution < -0.4 is 0 Å². The predicted octanol–water partition coefficient (Wildman–Crippen LogP) is 19.1. The monoisotopic (exact) mass is 1300 g/mol. The molecule has 2 unspecified atom stereocenters. The smallest absolute Gasteiger partial charge is 0.157 e. The fraction of sp³-hybridized carbons (Fsp3) is 0.200. The van der Waals surface area contributed by atoms with Crippen LogP contribution >= 0.6 is 0 Å². The summed E-state index contributed by atoms with van der Waals surface area (Å²) in [6.45, 7) is 14.6. The zero-order valence-electron chi connectivity index (χ0n) is 56.3. The normalized spacial score (nSPS) is 19.3. The van der Waals surface area contributed by atoms with Crippen molar-refractivity contribution in [1.82, 2.24) is 0 Å². The van der Waals surface area contributed by atoms with Gasteiger partial charge in [-0.05, 0) is 251 Å². The predicted molar refractivity (Wildman–Crippen MR) is 388 cm³/mol. The Bertz CT molecular complexity index is 5050. The zero-order valence-corrected chi connectivity index (χ0v) is 56.3. The molecule has 12 aromatic rings. The van der Waals surface area contributed by atoms with E-state index in [2.05, 4.69) is 161 Å². The summed E-state index contributed by atoms with van der Waals surface area (Å²) in [6.07, 6.45) is 3.35. The van der Waals surface area contributed by atoms with Crippen molar-refractivity contribution in [3.05, 3.63) is 336 Å². The quantitative estimate of drug-likeness (QED) is 0.0761. The van der Waals surface area contributed by atoms with Crippen molar-refractivity contribution in [3.8, 4) is 85.1 Å². The zero-order chi connectivity index (χ0) is 68.8. The SMILES string of the molecule is Cc1cc(C2(c3ccc(O)c(O)c3)c3ccccc3-c3ccccc32)ccc1O.Cc1cc2c(cc1O)C(C)(C)CC21CC(C)(C)c2cc(O)c(O)cc21.Cc1cc2c(cc1O)C1(CC23CC2(c4ccccc4-c4ccccc42)c2cc(O)c(O)cc23)c2ccccc2-c2ccccc21. The number of aromatic hydroxyl groups is 9. The van der Waals surface area contributed by atoms with E-state index in [0.717, 1.165) is 104 Å². The van der Waals surface area contributed by atoms with E-state index in [1.165, 1.54) is 67.3 Å². The Hall–Kier alpha value is -11.2. The van der Waals surface area contributed by atoms with Crippen molar-refractivity contribution in [2.24, 2.45) is 0 Å². The second-order valence-corrected chi connectivity index (χ2v) is 30.3. The lowest BCUT2D eigenvalue weighted by Crippen LogP contribution is -2.32. The molecular weight excluding hydrogens is 1220 g/mol. The molecule has 0 radical (unpaired) electrons. The van der Waals surface area contributed by atoms with Gasteiger partial charge in [-0.25, -0.2) is 0 Å². The van der Waals surface area contributed by atoms with Crippen LogP contribution in [0.4, 0.5) is 0 Å². The molecule has 9 N–H and O–H groups in total. The van der Waals surface area contributed by atoms with E-state index in [4.69, 9.17) is 0 Å².